The molecule has 1 aromatic carbocycles. The number of nitrogens with zero attached hydrogens (tertiary/aromatic N) is 1. The molecule has 0 heterocycles. The Labute approximate surface area is 125 Å². The van der Waals surface area contributed by atoms with Crippen LogP contribution in [-0.4, -0.2) is 17.5 Å². The molecule has 0 aliphatic heterocycles. The average Bonchev–Trinajstić information content (AvgIpc) is 2.36. The zero-order valence-corrected chi connectivity index (χ0v) is 13.1. The smallest absolute Gasteiger partial charge is 0.274 e. The third kappa shape index (κ3) is 5.10. The van der Waals surface area contributed by atoms with Crippen LogP contribution < -0.4 is 5.32 Å². The minimum atomic E-state index is -0.355. The van der Waals surface area contributed by atoms with Crippen LogP contribution in [0, 0.1) is 16.0 Å². The van der Waals surface area contributed by atoms with E-state index in [-0.39, 0.29) is 10.6 Å². The maximum absolute atomic E-state index is 11.1. The second-order valence-corrected chi connectivity index (χ2v) is 5.82. The summed E-state index contributed by atoms with van der Waals surface area (Å²) in [5.74, 6) is 0.597. The van der Waals surface area contributed by atoms with Crippen molar-refractivity contribution in [1.82, 2.24) is 5.32 Å². The third-order valence-corrected chi connectivity index (χ3v) is 3.64. The van der Waals surface area contributed by atoms with Gasteiger partial charge in [-0.2, -0.15) is 0 Å². The molecule has 20 heavy (non-hydrogen) atoms. The van der Waals surface area contributed by atoms with E-state index < -0.39 is 0 Å². The number of halogens is 1. The van der Waals surface area contributed by atoms with Gasteiger partial charge >= 0.3 is 0 Å². The quantitative estimate of drug-likeness (QED) is 0.578. The SMILES string of the molecule is CCNC(CCc1c(Cl)cccc1[N+](=O)[O-])CC(C)C. The fourth-order valence-electron chi connectivity index (χ4n) is 2.45. The lowest BCUT2D eigenvalue weighted by Crippen LogP contribution is -2.30. The standard InChI is InChI=1S/C15H23ClN2O2/c1-4-17-12(10-11(2)3)8-9-13-14(16)6-5-7-15(13)18(19)20/h5-7,11-12,17H,4,8-10H2,1-3H3. The Kier molecular flexibility index (Phi) is 6.96. The largest absolute Gasteiger partial charge is 0.314 e. The highest BCUT2D eigenvalue weighted by Gasteiger charge is 2.18. The van der Waals surface area contributed by atoms with E-state index in [0.29, 0.717) is 29.0 Å². The van der Waals surface area contributed by atoms with E-state index in [1.54, 1.807) is 12.1 Å². The molecule has 1 atom stereocenters. The Hall–Kier alpha value is -1.13. The van der Waals surface area contributed by atoms with Gasteiger partial charge in [-0.1, -0.05) is 38.4 Å². The predicted molar refractivity (Wildman–Crippen MR) is 83.3 cm³/mol. The maximum Gasteiger partial charge on any atom is 0.274 e. The number of hydrogen-bond donors (Lipinski definition) is 1. The van der Waals surface area contributed by atoms with Crippen LogP contribution in [0.2, 0.25) is 5.02 Å². The first-order chi connectivity index (χ1) is 9.45. The summed E-state index contributed by atoms with van der Waals surface area (Å²) in [4.78, 5) is 10.7. The molecular weight excluding hydrogens is 276 g/mol. The lowest BCUT2D eigenvalue weighted by molar-refractivity contribution is -0.385. The maximum atomic E-state index is 11.1. The van der Waals surface area contributed by atoms with Crippen LogP contribution in [0.25, 0.3) is 0 Å². The molecule has 0 bridgehead atoms. The van der Waals surface area contributed by atoms with Gasteiger partial charge in [-0.25, -0.2) is 0 Å². The van der Waals surface area contributed by atoms with Crippen molar-refractivity contribution in [1.29, 1.82) is 0 Å². The number of rotatable bonds is 8. The zero-order valence-electron chi connectivity index (χ0n) is 12.4. The predicted octanol–water partition coefficient (Wildman–Crippen LogP) is 4.21. The molecule has 0 aliphatic carbocycles. The van der Waals surface area contributed by atoms with Crippen LogP contribution in [0.3, 0.4) is 0 Å². The molecule has 1 aromatic rings. The summed E-state index contributed by atoms with van der Waals surface area (Å²) in [7, 11) is 0. The Morgan fingerprint density at radius 1 is 1.40 bits per heavy atom. The fourth-order valence-corrected chi connectivity index (χ4v) is 2.71. The molecule has 1 rings (SSSR count). The number of nitro benzene ring substituents is 1. The molecule has 0 fully saturated rings. The van der Waals surface area contributed by atoms with Crippen LogP contribution in [0.4, 0.5) is 5.69 Å². The molecule has 0 saturated carbocycles. The normalized spacial score (nSPS) is 12.7. The van der Waals surface area contributed by atoms with Crippen molar-refractivity contribution in [3.63, 3.8) is 0 Å². The van der Waals surface area contributed by atoms with Crippen LogP contribution in [-0.2, 0) is 6.42 Å². The van der Waals surface area contributed by atoms with Crippen molar-refractivity contribution in [3.05, 3.63) is 38.9 Å². The molecule has 1 unspecified atom stereocenters. The summed E-state index contributed by atoms with van der Waals surface area (Å²) in [6, 6.07) is 5.23. The van der Waals surface area contributed by atoms with E-state index in [4.69, 9.17) is 11.6 Å². The lowest BCUT2D eigenvalue weighted by Gasteiger charge is -2.20. The van der Waals surface area contributed by atoms with E-state index >= 15 is 0 Å². The number of nitro groups is 1. The summed E-state index contributed by atoms with van der Waals surface area (Å²) >= 11 is 6.11. The van der Waals surface area contributed by atoms with Gasteiger partial charge in [0.2, 0.25) is 0 Å². The van der Waals surface area contributed by atoms with E-state index in [1.165, 1.54) is 6.07 Å². The monoisotopic (exact) mass is 298 g/mol. The van der Waals surface area contributed by atoms with E-state index in [1.807, 2.05) is 0 Å². The second kappa shape index (κ2) is 8.22. The van der Waals surface area contributed by atoms with Gasteiger partial charge in [-0.3, -0.25) is 10.1 Å². The minimum absolute atomic E-state index is 0.122. The van der Waals surface area contributed by atoms with Crippen LogP contribution in [0.15, 0.2) is 18.2 Å². The van der Waals surface area contributed by atoms with Crippen molar-refractivity contribution in [2.24, 2.45) is 5.92 Å². The van der Waals surface area contributed by atoms with Crippen molar-refractivity contribution >= 4 is 17.3 Å². The summed E-state index contributed by atoms with van der Waals surface area (Å²) < 4.78 is 0. The Morgan fingerprint density at radius 2 is 2.10 bits per heavy atom. The highest BCUT2D eigenvalue weighted by atomic mass is 35.5. The summed E-state index contributed by atoms with van der Waals surface area (Å²) in [5, 5.41) is 15.0. The molecule has 1 N–H and O–H groups in total. The van der Waals surface area contributed by atoms with Crippen molar-refractivity contribution < 1.29 is 4.92 Å². The zero-order chi connectivity index (χ0) is 15.1. The number of benzene rings is 1. The minimum Gasteiger partial charge on any atom is -0.314 e. The van der Waals surface area contributed by atoms with Gasteiger partial charge in [0, 0.05) is 17.7 Å². The second-order valence-electron chi connectivity index (χ2n) is 5.42. The molecule has 4 nitrogen and oxygen atoms in total. The van der Waals surface area contributed by atoms with Gasteiger partial charge in [0.05, 0.1) is 9.95 Å². The molecule has 0 radical (unpaired) electrons. The van der Waals surface area contributed by atoms with Crippen molar-refractivity contribution in [2.75, 3.05) is 6.54 Å². The molecule has 0 spiro atoms. The summed E-state index contributed by atoms with van der Waals surface area (Å²) in [5.41, 5.74) is 0.767. The van der Waals surface area contributed by atoms with E-state index in [9.17, 15) is 10.1 Å². The van der Waals surface area contributed by atoms with Crippen molar-refractivity contribution in [3.8, 4) is 0 Å². The first-order valence-corrected chi connectivity index (χ1v) is 7.48. The molecule has 5 heteroatoms. The Morgan fingerprint density at radius 3 is 2.65 bits per heavy atom. The van der Waals surface area contributed by atoms with Gasteiger partial charge in [-0.15, -0.1) is 0 Å². The molecule has 112 valence electrons. The lowest BCUT2D eigenvalue weighted by atomic mass is 9.96. The highest BCUT2D eigenvalue weighted by Crippen LogP contribution is 2.28. The van der Waals surface area contributed by atoms with Gasteiger partial charge in [-0.05, 0) is 37.8 Å². The summed E-state index contributed by atoms with van der Waals surface area (Å²) in [6.07, 6.45) is 2.54. The molecule has 0 aromatic heterocycles. The highest BCUT2D eigenvalue weighted by molar-refractivity contribution is 6.31. The van der Waals surface area contributed by atoms with Crippen LogP contribution in [0.1, 0.15) is 39.2 Å². The van der Waals surface area contributed by atoms with Gasteiger partial charge in [0.15, 0.2) is 0 Å². The van der Waals surface area contributed by atoms with E-state index in [0.717, 1.165) is 19.4 Å². The van der Waals surface area contributed by atoms with Crippen LogP contribution in [0.5, 0.6) is 0 Å². The topological polar surface area (TPSA) is 55.2 Å². The van der Waals surface area contributed by atoms with Gasteiger partial charge in [0.25, 0.3) is 5.69 Å². The Balaban J connectivity index is 2.79. The Bertz CT molecular complexity index is 449. The number of nitrogens with one attached hydrogen (secondary N) is 1. The molecular formula is C15H23ClN2O2. The van der Waals surface area contributed by atoms with Gasteiger partial charge < -0.3 is 5.32 Å². The third-order valence-electron chi connectivity index (χ3n) is 3.28. The number of hydrogen-bond acceptors (Lipinski definition) is 3. The van der Waals surface area contributed by atoms with Crippen molar-refractivity contribution in [2.45, 2.75) is 46.1 Å². The molecule has 0 aliphatic rings. The average molecular weight is 299 g/mol. The van der Waals surface area contributed by atoms with Crippen LogP contribution >= 0.6 is 11.6 Å². The molecule has 0 saturated heterocycles. The summed E-state index contributed by atoms with van der Waals surface area (Å²) in [6.45, 7) is 7.35. The fraction of sp³-hybridized carbons (Fsp3) is 0.600. The first kappa shape index (κ1) is 16.9. The first-order valence-electron chi connectivity index (χ1n) is 7.10. The van der Waals surface area contributed by atoms with E-state index in [2.05, 4.69) is 26.1 Å². The molecule has 0 amide bonds. The van der Waals surface area contributed by atoms with Gasteiger partial charge in [0.1, 0.15) is 0 Å².